The van der Waals surface area contributed by atoms with Crippen LogP contribution in [0.5, 0.6) is 0 Å². The van der Waals surface area contributed by atoms with Gasteiger partial charge in [0.05, 0.1) is 17.8 Å². The number of amides is 1. The molecule has 5 nitrogen and oxygen atoms in total. The quantitative estimate of drug-likeness (QED) is 0.807. The normalized spacial score (nSPS) is 21.0. The van der Waals surface area contributed by atoms with E-state index in [1.807, 2.05) is 30.3 Å². The van der Waals surface area contributed by atoms with Gasteiger partial charge < -0.3 is 15.7 Å². The van der Waals surface area contributed by atoms with Crippen molar-refractivity contribution in [3.05, 3.63) is 35.2 Å². The van der Waals surface area contributed by atoms with E-state index in [-0.39, 0.29) is 11.9 Å². The maximum absolute atomic E-state index is 12.2. The minimum atomic E-state index is -0.446. The van der Waals surface area contributed by atoms with E-state index in [1.54, 1.807) is 0 Å². The second-order valence-corrected chi connectivity index (χ2v) is 6.43. The number of nitrogens with one attached hydrogen (secondary N) is 2. The molecule has 0 aliphatic carbocycles. The molecule has 116 valence electrons. The SMILES string of the molecule is CCc1sc(NC(=O)C2CC(O)CN2)nc1-c1ccccc1. The number of aryl methyl sites for hydroxylation is 1. The summed E-state index contributed by atoms with van der Waals surface area (Å²) in [5, 5.41) is 16.0. The number of hydrogen-bond acceptors (Lipinski definition) is 5. The zero-order valence-corrected chi connectivity index (χ0v) is 13.2. The zero-order chi connectivity index (χ0) is 15.5. The first-order valence-corrected chi connectivity index (χ1v) is 8.26. The van der Waals surface area contributed by atoms with Gasteiger partial charge >= 0.3 is 0 Å². The fourth-order valence-corrected chi connectivity index (χ4v) is 3.50. The summed E-state index contributed by atoms with van der Waals surface area (Å²) < 4.78 is 0. The van der Waals surface area contributed by atoms with Gasteiger partial charge in [-0.1, -0.05) is 37.3 Å². The Morgan fingerprint density at radius 3 is 2.86 bits per heavy atom. The fourth-order valence-electron chi connectivity index (χ4n) is 2.58. The highest BCUT2D eigenvalue weighted by molar-refractivity contribution is 7.16. The van der Waals surface area contributed by atoms with Gasteiger partial charge in [-0.25, -0.2) is 4.98 Å². The lowest BCUT2D eigenvalue weighted by atomic mass is 10.1. The van der Waals surface area contributed by atoms with Crippen LogP contribution in [0.25, 0.3) is 11.3 Å². The van der Waals surface area contributed by atoms with Gasteiger partial charge in [0.25, 0.3) is 0 Å². The van der Waals surface area contributed by atoms with Crippen LogP contribution in [0.3, 0.4) is 0 Å². The van der Waals surface area contributed by atoms with Crippen molar-refractivity contribution in [3.63, 3.8) is 0 Å². The van der Waals surface area contributed by atoms with E-state index in [0.29, 0.717) is 18.1 Å². The molecule has 1 saturated heterocycles. The van der Waals surface area contributed by atoms with Gasteiger partial charge in [-0.2, -0.15) is 0 Å². The van der Waals surface area contributed by atoms with Gasteiger partial charge in [0.2, 0.25) is 5.91 Å². The van der Waals surface area contributed by atoms with Crippen molar-refractivity contribution in [2.45, 2.75) is 31.9 Å². The Morgan fingerprint density at radius 2 is 2.23 bits per heavy atom. The molecule has 6 heteroatoms. The van der Waals surface area contributed by atoms with Crippen LogP contribution in [-0.2, 0) is 11.2 Å². The van der Waals surface area contributed by atoms with Crippen molar-refractivity contribution in [2.75, 3.05) is 11.9 Å². The summed E-state index contributed by atoms with van der Waals surface area (Å²) in [6, 6.07) is 9.64. The number of aromatic nitrogens is 1. The predicted octanol–water partition coefficient (Wildman–Crippen LogP) is 2.03. The number of carbonyl (C=O) groups excluding carboxylic acids is 1. The molecule has 2 atom stereocenters. The molecule has 0 spiro atoms. The molecule has 2 heterocycles. The lowest BCUT2D eigenvalue weighted by molar-refractivity contribution is -0.117. The molecule has 1 aromatic heterocycles. The standard InChI is InChI=1S/C16H19N3O2S/c1-2-13-14(10-6-4-3-5-7-10)18-16(22-13)19-15(21)12-8-11(20)9-17-12/h3-7,11-12,17,20H,2,8-9H2,1H3,(H,18,19,21). The monoisotopic (exact) mass is 317 g/mol. The van der Waals surface area contributed by atoms with Crippen molar-refractivity contribution in [3.8, 4) is 11.3 Å². The van der Waals surface area contributed by atoms with Crippen molar-refractivity contribution in [1.29, 1.82) is 0 Å². The minimum absolute atomic E-state index is 0.132. The lowest BCUT2D eigenvalue weighted by Gasteiger charge is -2.08. The number of carbonyl (C=O) groups is 1. The summed E-state index contributed by atoms with van der Waals surface area (Å²) >= 11 is 1.51. The number of hydrogen-bond donors (Lipinski definition) is 3. The van der Waals surface area contributed by atoms with Crippen molar-refractivity contribution in [1.82, 2.24) is 10.3 Å². The van der Waals surface area contributed by atoms with E-state index >= 15 is 0 Å². The molecule has 3 N–H and O–H groups in total. The van der Waals surface area contributed by atoms with Crippen LogP contribution in [0.1, 0.15) is 18.2 Å². The molecular weight excluding hydrogens is 298 g/mol. The molecule has 0 saturated carbocycles. The van der Waals surface area contributed by atoms with Crippen molar-refractivity contribution in [2.24, 2.45) is 0 Å². The van der Waals surface area contributed by atoms with E-state index in [4.69, 9.17) is 0 Å². The Morgan fingerprint density at radius 1 is 1.45 bits per heavy atom. The molecule has 2 aromatic rings. The van der Waals surface area contributed by atoms with E-state index in [2.05, 4.69) is 22.5 Å². The van der Waals surface area contributed by atoms with Crippen LogP contribution >= 0.6 is 11.3 Å². The Labute approximate surface area is 133 Å². The number of benzene rings is 1. The summed E-state index contributed by atoms with van der Waals surface area (Å²) in [5.74, 6) is -0.132. The van der Waals surface area contributed by atoms with Crippen LogP contribution in [0.4, 0.5) is 5.13 Å². The third kappa shape index (κ3) is 3.19. The van der Waals surface area contributed by atoms with E-state index < -0.39 is 6.10 Å². The van der Waals surface area contributed by atoms with E-state index in [0.717, 1.165) is 22.6 Å². The van der Waals surface area contributed by atoms with Crippen molar-refractivity contribution >= 4 is 22.4 Å². The first kappa shape index (κ1) is 15.1. The summed E-state index contributed by atoms with van der Waals surface area (Å²) in [6.45, 7) is 2.55. The van der Waals surface area contributed by atoms with E-state index in [9.17, 15) is 9.90 Å². The van der Waals surface area contributed by atoms with E-state index in [1.165, 1.54) is 11.3 Å². The second-order valence-electron chi connectivity index (χ2n) is 5.35. The summed E-state index contributed by atoms with van der Waals surface area (Å²) in [4.78, 5) is 17.9. The predicted molar refractivity (Wildman–Crippen MR) is 88.0 cm³/mol. The third-order valence-electron chi connectivity index (χ3n) is 3.72. The molecule has 1 aromatic carbocycles. The first-order valence-electron chi connectivity index (χ1n) is 7.44. The lowest BCUT2D eigenvalue weighted by Crippen LogP contribution is -2.35. The second kappa shape index (κ2) is 6.56. The molecular formula is C16H19N3O2S. The highest BCUT2D eigenvalue weighted by atomic mass is 32.1. The summed E-state index contributed by atoms with van der Waals surface area (Å²) in [6.07, 6.45) is 0.875. The Balaban J connectivity index is 1.78. The topological polar surface area (TPSA) is 74.2 Å². The zero-order valence-electron chi connectivity index (χ0n) is 12.4. The smallest absolute Gasteiger partial charge is 0.243 e. The number of β-amino-alcohol motifs (C(OH)–C–C–N with tert-alkyl or cyclic N) is 1. The largest absolute Gasteiger partial charge is 0.392 e. The van der Waals surface area contributed by atoms with Crippen LogP contribution in [0.15, 0.2) is 30.3 Å². The van der Waals surface area contributed by atoms with Crippen LogP contribution in [-0.4, -0.2) is 34.7 Å². The number of rotatable bonds is 4. The molecule has 0 radical (unpaired) electrons. The Hall–Kier alpha value is -1.76. The summed E-state index contributed by atoms with van der Waals surface area (Å²) in [7, 11) is 0. The van der Waals surface area contributed by atoms with Gasteiger partial charge in [0, 0.05) is 17.0 Å². The minimum Gasteiger partial charge on any atom is -0.392 e. The van der Waals surface area contributed by atoms with Gasteiger partial charge in [0.15, 0.2) is 5.13 Å². The first-order chi connectivity index (χ1) is 10.7. The molecule has 0 bridgehead atoms. The average Bonchev–Trinajstić information content (AvgIpc) is 3.14. The van der Waals surface area contributed by atoms with Crippen LogP contribution in [0, 0.1) is 0 Å². The highest BCUT2D eigenvalue weighted by Gasteiger charge is 2.28. The van der Waals surface area contributed by atoms with Gasteiger partial charge in [0.1, 0.15) is 0 Å². The maximum atomic E-state index is 12.2. The van der Waals surface area contributed by atoms with Gasteiger partial charge in [-0.15, -0.1) is 11.3 Å². The Kier molecular flexibility index (Phi) is 4.52. The maximum Gasteiger partial charge on any atom is 0.243 e. The van der Waals surface area contributed by atoms with Crippen LogP contribution < -0.4 is 10.6 Å². The number of anilines is 1. The number of thiazole rings is 1. The number of aliphatic hydroxyl groups is 1. The van der Waals surface area contributed by atoms with Gasteiger partial charge in [-0.3, -0.25) is 4.79 Å². The fraction of sp³-hybridized carbons (Fsp3) is 0.375. The third-order valence-corrected chi connectivity index (χ3v) is 4.84. The molecule has 1 amide bonds. The number of nitrogens with zero attached hydrogens (tertiary/aromatic N) is 1. The molecule has 1 fully saturated rings. The summed E-state index contributed by atoms with van der Waals surface area (Å²) in [5.41, 5.74) is 1.99. The molecule has 22 heavy (non-hydrogen) atoms. The van der Waals surface area contributed by atoms with Gasteiger partial charge in [-0.05, 0) is 12.8 Å². The highest BCUT2D eigenvalue weighted by Crippen LogP contribution is 2.31. The molecule has 2 unspecified atom stereocenters. The molecule has 3 rings (SSSR count). The molecule has 1 aliphatic heterocycles. The average molecular weight is 317 g/mol. The van der Waals surface area contributed by atoms with Crippen molar-refractivity contribution < 1.29 is 9.90 Å². The number of aliphatic hydroxyl groups excluding tert-OH is 1. The van der Waals surface area contributed by atoms with Crippen LogP contribution in [0.2, 0.25) is 0 Å². The molecule has 1 aliphatic rings. The Bertz CT molecular complexity index is 657.